The normalized spacial score (nSPS) is 33.1. The number of halogens is 1. The molecule has 0 bridgehead atoms. The van der Waals surface area contributed by atoms with Gasteiger partial charge in [0.2, 0.25) is 6.54 Å². The third-order valence-corrected chi connectivity index (χ3v) is 6.34. The quantitative estimate of drug-likeness (QED) is 0.224. The fourth-order valence-electron chi connectivity index (χ4n) is 2.98. The molecule has 0 aliphatic carbocycles. The fourth-order valence-corrected chi connectivity index (χ4v) is 5.02. The molecule has 2 aliphatic heterocycles. The van der Waals surface area contributed by atoms with Crippen molar-refractivity contribution in [2.75, 3.05) is 25.5 Å². The van der Waals surface area contributed by atoms with E-state index in [1.807, 2.05) is 0 Å². The van der Waals surface area contributed by atoms with E-state index in [-0.39, 0.29) is 25.6 Å². The molecule has 140 valence electrons. The predicted octanol–water partition coefficient (Wildman–Crippen LogP) is 0.627. The molecule has 0 aromatic carbocycles. The zero-order chi connectivity index (χ0) is 19.2. The maximum Gasteiger partial charge on any atom is 0.488 e. The van der Waals surface area contributed by atoms with Crippen LogP contribution in [0.15, 0.2) is 11.1 Å². The van der Waals surface area contributed by atoms with Gasteiger partial charge in [-0.25, -0.2) is 21.5 Å². The van der Waals surface area contributed by atoms with Gasteiger partial charge in [0.15, 0.2) is 40.7 Å². The highest BCUT2D eigenvalue weighted by Crippen LogP contribution is 2.63. The van der Waals surface area contributed by atoms with Crippen LogP contribution in [0.2, 0.25) is 0 Å². The summed E-state index contributed by atoms with van der Waals surface area (Å²) in [5, 5.41) is 10.8. The molecule has 0 amide bonds. The molecule has 0 saturated carbocycles. The first-order valence-electron chi connectivity index (χ1n) is 7.89. The Hall–Kier alpha value is -1.39. The smallest absolute Gasteiger partial charge is 0.385 e. The van der Waals surface area contributed by atoms with Crippen molar-refractivity contribution >= 4 is 48.3 Å². The number of aliphatic hydroxyl groups is 1. The summed E-state index contributed by atoms with van der Waals surface area (Å²) in [5.74, 6) is 0.212. The van der Waals surface area contributed by atoms with E-state index in [4.69, 9.17) is 38.2 Å². The molecule has 27 heavy (non-hydrogen) atoms. The number of fused-ring (bicyclic) bond motifs is 2. The summed E-state index contributed by atoms with van der Waals surface area (Å²) in [6, 6.07) is 0. The number of rotatable bonds is 4. The molecule has 2 unspecified atom stereocenters. The van der Waals surface area contributed by atoms with E-state index >= 15 is 0 Å². The molecule has 2 aromatic heterocycles. The van der Waals surface area contributed by atoms with E-state index < -0.39 is 32.4 Å². The molecule has 2 radical (unpaired) electrons. The molecule has 3 N–H and O–H groups in total. The Morgan fingerprint density at radius 2 is 2.37 bits per heavy atom. The third kappa shape index (κ3) is 3.32. The molecule has 2 fully saturated rings. The Bertz CT molecular complexity index is 913. The Labute approximate surface area is 164 Å². The number of imidazole rings is 1. The summed E-state index contributed by atoms with van der Waals surface area (Å²) >= 11 is 3.34. The average Bonchev–Trinajstić information content (AvgIpc) is 3.13. The van der Waals surface area contributed by atoms with Crippen LogP contribution in [0.3, 0.4) is 0 Å². The standard InChI is InChI=1S/C13H14BBrN6O5P/c1-17-2-3-23-27(14)24-4-6-9(26-27)8(22)12(25-6)21-11-7(20-13(21)15)10(16)18-5-19-11/h5-6,8-9,12,22H,2-4H2,(H2,16,18,19)/q+1/t6-,8?,9+,12-,27?/m1/s1. The molecule has 2 saturated heterocycles. The van der Waals surface area contributed by atoms with Crippen LogP contribution in [-0.4, -0.2) is 70.3 Å². The predicted molar refractivity (Wildman–Crippen MR) is 98.3 cm³/mol. The van der Waals surface area contributed by atoms with Gasteiger partial charge >= 0.3 is 15.4 Å². The number of hydrogen-bond donors (Lipinski definition) is 2. The molecule has 11 nitrogen and oxygen atoms in total. The monoisotopic (exact) mass is 455 g/mol. The molecule has 0 spiro atoms. The number of nitrogens with two attached hydrogens (primary N) is 1. The minimum Gasteiger partial charge on any atom is -0.385 e. The summed E-state index contributed by atoms with van der Waals surface area (Å²) in [7, 11) is 2.89. The van der Waals surface area contributed by atoms with E-state index in [9.17, 15) is 5.11 Å². The van der Waals surface area contributed by atoms with Crippen LogP contribution >= 0.6 is 23.8 Å². The van der Waals surface area contributed by atoms with Crippen LogP contribution in [0.5, 0.6) is 0 Å². The number of nitrogens with zero attached hydrogens (tertiary/aromatic N) is 5. The van der Waals surface area contributed by atoms with Crippen LogP contribution in [0.1, 0.15) is 6.23 Å². The summed E-state index contributed by atoms with van der Waals surface area (Å²) < 4.78 is 24.5. The zero-order valence-electron chi connectivity index (χ0n) is 13.8. The lowest BCUT2D eigenvalue weighted by Crippen LogP contribution is -2.41. The summed E-state index contributed by atoms with van der Waals surface area (Å²) in [5.41, 5.74) is 6.62. The minimum atomic E-state index is -3.14. The van der Waals surface area contributed by atoms with Gasteiger partial charge in [-0.1, -0.05) is 0 Å². The lowest BCUT2D eigenvalue weighted by molar-refractivity contribution is -0.0635. The van der Waals surface area contributed by atoms with E-state index in [0.29, 0.717) is 15.9 Å². The first-order chi connectivity index (χ1) is 12.9. The van der Waals surface area contributed by atoms with Crippen molar-refractivity contribution in [3.8, 4) is 0 Å². The van der Waals surface area contributed by atoms with Gasteiger partial charge in [-0.05, 0) is 15.9 Å². The van der Waals surface area contributed by atoms with Crippen LogP contribution in [0, 0.1) is 6.57 Å². The number of ether oxygens (including phenoxy) is 1. The van der Waals surface area contributed by atoms with Gasteiger partial charge in [-0.15, -0.1) is 0 Å². The maximum atomic E-state index is 10.8. The van der Waals surface area contributed by atoms with Crippen LogP contribution in [0.25, 0.3) is 16.0 Å². The van der Waals surface area contributed by atoms with Crippen LogP contribution in [-0.2, 0) is 18.3 Å². The van der Waals surface area contributed by atoms with Crippen molar-refractivity contribution in [2.45, 2.75) is 24.5 Å². The fraction of sp³-hybridized carbons (Fsp3) is 0.538. The van der Waals surface area contributed by atoms with Gasteiger partial charge in [0.05, 0.1) is 0 Å². The average molecular weight is 456 g/mol. The van der Waals surface area contributed by atoms with Crippen molar-refractivity contribution in [2.24, 2.45) is 0 Å². The highest BCUT2D eigenvalue weighted by atomic mass is 79.9. The Balaban J connectivity index is 1.59. The van der Waals surface area contributed by atoms with Crippen LogP contribution in [0.4, 0.5) is 5.82 Å². The van der Waals surface area contributed by atoms with Crippen molar-refractivity contribution in [3.05, 3.63) is 22.5 Å². The molecule has 14 heteroatoms. The molecule has 5 atom stereocenters. The Kier molecular flexibility index (Phi) is 5.07. The van der Waals surface area contributed by atoms with Gasteiger partial charge in [0.1, 0.15) is 25.1 Å². The summed E-state index contributed by atoms with van der Waals surface area (Å²) in [6.45, 7) is 7.09. The lowest BCUT2D eigenvalue weighted by Gasteiger charge is -2.30. The van der Waals surface area contributed by atoms with Gasteiger partial charge in [-0.3, -0.25) is 4.57 Å². The first kappa shape index (κ1) is 19.0. The van der Waals surface area contributed by atoms with E-state index in [1.165, 1.54) is 6.33 Å². The number of hydrogen-bond acceptors (Lipinski definition) is 9. The molecule has 4 rings (SSSR count). The minimum absolute atomic E-state index is 0.0828. The molecule has 4 heterocycles. The van der Waals surface area contributed by atoms with Gasteiger partial charge in [0.25, 0.3) is 0 Å². The van der Waals surface area contributed by atoms with Crippen molar-refractivity contribution in [3.63, 3.8) is 0 Å². The lowest BCUT2D eigenvalue weighted by atomic mass is 10.1. The Morgan fingerprint density at radius 3 is 3.15 bits per heavy atom. The Morgan fingerprint density at radius 1 is 1.56 bits per heavy atom. The number of aromatic nitrogens is 4. The van der Waals surface area contributed by atoms with E-state index in [1.54, 1.807) is 4.57 Å². The highest BCUT2D eigenvalue weighted by molar-refractivity contribution is 9.10. The van der Waals surface area contributed by atoms with Crippen molar-refractivity contribution in [1.29, 1.82) is 0 Å². The molecular weight excluding hydrogens is 442 g/mol. The number of nitrogen functional groups attached to an aromatic ring is 1. The third-order valence-electron chi connectivity index (χ3n) is 4.19. The second-order valence-corrected chi connectivity index (χ2v) is 8.37. The maximum absolute atomic E-state index is 10.8. The number of anilines is 1. The highest BCUT2D eigenvalue weighted by Gasteiger charge is 2.58. The van der Waals surface area contributed by atoms with E-state index in [2.05, 4.69) is 35.7 Å². The second-order valence-electron chi connectivity index (χ2n) is 5.86. The second kappa shape index (κ2) is 7.22. The van der Waals surface area contributed by atoms with Crippen molar-refractivity contribution in [1.82, 2.24) is 19.5 Å². The molecule has 2 aliphatic rings. The van der Waals surface area contributed by atoms with Gasteiger partial charge in [0, 0.05) is 0 Å². The zero-order valence-corrected chi connectivity index (χ0v) is 16.3. The molecule has 2 aromatic rings. The largest absolute Gasteiger partial charge is 0.488 e. The summed E-state index contributed by atoms with van der Waals surface area (Å²) in [6.07, 6.45) is -1.96. The SMILES string of the molecule is [B][P+]1(OCC[N+]#[C-])OC[C@H]2O[C@@H](n3c(Br)nc4c(N)ncnc43)C(O)[C@H]2O1. The van der Waals surface area contributed by atoms with E-state index in [0.717, 1.165) is 0 Å². The topological polar surface area (TPSA) is 131 Å². The van der Waals surface area contributed by atoms with Crippen molar-refractivity contribution < 1.29 is 23.4 Å². The first-order valence-corrected chi connectivity index (χ1v) is 10.3. The van der Waals surface area contributed by atoms with Gasteiger partial charge < -0.3 is 20.4 Å². The van der Waals surface area contributed by atoms with Crippen LogP contribution < -0.4 is 5.73 Å². The summed E-state index contributed by atoms with van der Waals surface area (Å²) in [4.78, 5) is 15.6. The molecular formula is C13H14BBrN6O5P+. The van der Waals surface area contributed by atoms with Gasteiger partial charge in [-0.2, -0.15) is 13.6 Å². The number of aliphatic hydroxyl groups excluding tert-OH is 1.